The van der Waals surface area contributed by atoms with Crippen LogP contribution in [0.5, 0.6) is 0 Å². The van der Waals surface area contributed by atoms with Gasteiger partial charge in [0.05, 0.1) is 0 Å². The van der Waals surface area contributed by atoms with Gasteiger partial charge in [-0.15, -0.1) is 23.2 Å². The Morgan fingerprint density at radius 2 is 1.65 bits per heavy atom. The fourth-order valence-electron chi connectivity index (χ4n) is 9.59. The number of anilines is 1. The molecule has 3 saturated carbocycles. The third-order valence-electron chi connectivity index (χ3n) is 12.0. The normalized spacial score (nSPS) is 32.3. The van der Waals surface area contributed by atoms with E-state index in [-0.39, 0.29) is 29.3 Å². The van der Waals surface area contributed by atoms with E-state index in [4.69, 9.17) is 38.4 Å². The Labute approximate surface area is 282 Å². The Balaban J connectivity index is 1.19. The van der Waals surface area contributed by atoms with Crippen molar-refractivity contribution in [3.05, 3.63) is 41.5 Å². The highest BCUT2D eigenvalue weighted by atomic mass is 35.5. The fourth-order valence-corrected chi connectivity index (χ4v) is 10.00. The predicted octanol–water partition coefficient (Wildman–Crippen LogP) is 5.79. The molecule has 46 heavy (non-hydrogen) atoms. The van der Waals surface area contributed by atoms with Crippen LogP contribution in [-0.4, -0.2) is 66.6 Å². The number of fused-ring (bicyclic) bond motifs is 5. The quantitative estimate of drug-likeness (QED) is 0.219. The van der Waals surface area contributed by atoms with E-state index in [1.165, 1.54) is 12.5 Å². The van der Waals surface area contributed by atoms with Gasteiger partial charge in [-0.25, -0.2) is 4.79 Å². The Morgan fingerprint density at radius 1 is 0.978 bits per heavy atom. The molecule has 1 aromatic rings. The molecule has 0 saturated heterocycles. The minimum atomic E-state index is -1.25. The van der Waals surface area contributed by atoms with Crippen molar-refractivity contribution in [3.63, 3.8) is 0 Å². The average molecular weight is 676 g/mol. The highest BCUT2D eigenvalue weighted by Gasteiger charge is 2.68. The number of nitrogens with two attached hydrogens (primary N) is 1. The summed E-state index contributed by atoms with van der Waals surface area (Å²) in [5.74, 6) is 0.699. The number of nitrogens with zero attached hydrogens (tertiary/aromatic N) is 1. The molecular weight excluding hydrogens is 627 g/mol. The van der Waals surface area contributed by atoms with Crippen molar-refractivity contribution in [1.82, 2.24) is 0 Å². The van der Waals surface area contributed by atoms with Gasteiger partial charge in [0.25, 0.3) is 0 Å². The molecule has 0 aliphatic heterocycles. The van der Waals surface area contributed by atoms with Crippen LogP contribution in [0, 0.1) is 28.6 Å². The van der Waals surface area contributed by atoms with Crippen molar-refractivity contribution in [2.24, 2.45) is 34.3 Å². The molecule has 4 aliphatic rings. The summed E-state index contributed by atoms with van der Waals surface area (Å²) in [5, 5.41) is 0. The second-order valence-corrected chi connectivity index (χ2v) is 15.0. The Hall–Kier alpha value is -2.42. The van der Waals surface area contributed by atoms with Gasteiger partial charge in [-0.05, 0) is 105 Å². The molecule has 5 rings (SSSR count). The fraction of sp³-hybridized carbons (Fsp3) is 0.667. The second kappa shape index (κ2) is 14.0. The number of carbonyl (C=O) groups excluding carboxylic acids is 4. The van der Waals surface area contributed by atoms with E-state index < -0.39 is 35.6 Å². The lowest BCUT2D eigenvalue weighted by molar-refractivity contribution is -0.193. The van der Waals surface area contributed by atoms with Crippen LogP contribution in [0.4, 0.5) is 5.69 Å². The number of halogens is 2. The van der Waals surface area contributed by atoms with Gasteiger partial charge in [-0.2, -0.15) is 0 Å². The van der Waals surface area contributed by atoms with Crippen LogP contribution < -0.4 is 10.6 Å². The van der Waals surface area contributed by atoms with Gasteiger partial charge >= 0.3 is 11.9 Å². The number of benzene rings is 1. The lowest BCUT2D eigenvalue weighted by Crippen LogP contribution is -2.59. The van der Waals surface area contributed by atoms with E-state index in [1.807, 2.05) is 30.3 Å². The van der Waals surface area contributed by atoms with E-state index in [1.54, 1.807) is 0 Å². The molecule has 4 aliphatic carbocycles. The molecule has 1 aromatic carbocycles. The number of rotatable bonds is 12. The maximum absolute atomic E-state index is 13.4. The molecule has 2 N–H and O–H groups in total. The summed E-state index contributed by atoms with van der Waals surface area (Å²) in [6.45, 7) is 6.70. The van der Waals surface area contributed by atoms with Crippen LogP contribution in [0.3, 0.4) is 0 Å². The monoisotopic (exact) mass is 674 g/mol. The number of ether oxygens (including phenoxy) is 2. The third-order valence-corrected chi connectivity index (χ3v) is 12.4. The van der Waals surface area contributed by atoms with Gasteiger partial charge in [-0.1, -0.05) is 31.6 Å². The number of alkyl halides is 2. The molecule has 8 nitrogen and oxygen atoms in total. The molecule has 3 fully saturated rings. The van der Waals surface area contributed by atoms with Crippen molar-refractivity contribution in [2.75, 3.05) is 36.4 Å². The Morgan fingerprint density at radius 3 is 2.30 bits per heavy atom. The minimum Gasteiger partial charge on any atom is -0.453 e. The summed E-state index contributed by atoms with van der Waals surface area (Å²) in [5.41, 5.74) is 7.53. The molecular formula is C36H48Cl2N2O6. The maximum atomic E-state index is 13.4. The largest absolute Gasteiger partial charge is 0.453 e. The van der Waals surface area contributed by atoms with Crippen molar-refractivity contribution in [2.45, 2.75) is 90.2 Å². The van der Waals surface area contributed by atoms with E-state index in [9.17, 15) is 19.2 Å². The van der Waals surface area contributed by atoms with Crippen molar-refractivity contribution < 1.29 is 28.7 Å². The number of allylic oxidation sites excluding steroid dienone is 1. The van der Waals surface area contributed by atoms with E-state index in [0.29, 0.717) is 49.5 Å². The van der Waals surface area contributed by atoms with Crippen molar-refractivity contribution in [1.29, 1.82) is 0 Å². The molecule has 10 heteroatoms. The highest BCUT2D eigenvalue weighted by molar-refractivity contribution is 6.18. The van der Waals surface area contributed by atoms with Gasteiger partial charge < -0.3 is 20.1 Å². The maximum Gasteiger partial charge on any atom is 0.345 e. The SMILES string of the molecule is CC(=O)[C@@]1(OC(=O)COC(=O)[C@@H](N)Cc2ccc(N(CCCl)CCCl)cc2)CC[C@H]2[C@@H]3CCC4=CC(=O)CC[C@]4(C)[C@H]3CC[C@@]21C. The van der Waals surface area contributed by atoms with E-state index >= 15 is 0 Å². The van der Waals surface area contributed by atoms with Crippen molar-refractivity contribution in [3.8, 4) is 0 Å². The summed E-state index contributed by atoms with van der Waals surface area (Å²) in [6.07, 6.45) is 8.47. The molecule has 252 valence electrons. The number of hydrogen-bond donors (Lipinski definition) is 1. The molecule has 0 heterocycles. The van der Waals surface area contributed by atoms with Crippen LogP contribution in [0.15, 0.2) is 35.9 Å². The molecule has 0 spiro atoms. The van der Waals surface area contributed by atoms with Crippen LogP contribution >= 0.6 is 23.2 Å². The van der Waals surface area contributed by atoms with Crippen LogP contribution in [0.2, 0.25) is 0 Å². The van der Waals surface area contributed by atoms with Gasteiger partial charge in [0.2, 0.25) is 0 Å². The van der Waals surface area contributed by atoms with Crippen molar-refractivity contribution >= 4 is 52.4 Å². The topological polar surface area (TPSA) is 116 Å². The first-order chi connectivity index (χ1) is 21.9. The first-order valence-corrected chi connectivity index (χ1v) is 17.8. The molecule has 0 aromatic heterocycles. The molecule has 0 bridgehead atoms. The van der Waals surface area contributed by atoms with E-state index in [0.717, 1.165) is 49.8 Å². The lowest BCUT2D eigenvalue weighted by Gasteiger charge is -2.59. The summed E-state index contributed by atoms with van der Waals surface area (Å²) in [4.78, 5) is 53.6. The first-order valence-electron chi connectivity index (χ1n) is 16.7. The minimum absolute atomic E-state index is 0.0140. The van der Waals surface area contributed by atoms with Crippen LogP contribution in [0.1, 0.15) is 77.7 Å². The number of ketones is 2. The van der Waals surface area contributed by atoms with E-state index in [2.05, 4.69) is 18.7 Å². The number of Topliss-reactive ketones (excluding diaryl/α,β-unsaturated/α-hetero) is 1. The summed E-state index contributed by atoms with van der Waals surface area (Å²) < 4.78 is 11.4. The number of hydrogen-bond acceptors (Lipinski definition) is 8. The van der Waals surface area contributed by atoms with Gasteiger partial charge in [0.1, 0.15) is 6.04 Å². The predicted molar refractivity (Wildman–Crippen MR) is 179 cm³/mol. The zero-order valence-corrected chi connectivity index (χ0v) is 28.8. The Kier molecular flexibility index (Phi) is 10.6. The first kappa shape index (κ1) is 34.9. The summed E-state index contributed by atoms with van der Waals surface area (Å²) in [7, 11) is 0. The van der Waals surface area contributed by atoms with Gasteiger partial charge in [0.15, 0.2) is 23.8 Å². The lowest BCUT2D eigenvalue weighted by atomic mass is 9.46. The van der Waals surface area contributed by atoms with Gasteiger partial charge in [0, 0.05) is 42.4 Å². The zero-order chi connectivity index (χ0) is 33.3. The molecule has 0 unspecified atom stereocenters. The molecule has 0 amide bonds. The number of carbonyl (C=O) groups is 4. The van der Waals surface area contributed by atoms with Crippen LogP contribution in [0.25, 0.3) is 0 Å². The van der Waals surface area contributed by atoms with Crippen LogP contribution in [-0.2, 0) is 35.1 Å². The number of esters is 2. The zero-order valence-electron chi connectivity index (χ0n) is 27.3. The summed E-state index contributed by atoms with van der Waals surface area (Å²) >= 11 is 11.8. The smallest absolute Gasteiger partial charge is 0.345 e. The van der Waals surface area contributed by atoms with Gasteiger partial charge in [-0.3, -0.25) is 14.4 Å². The second-order valence-electron chi connectivity index (χ2n) is 14.3. The standard InChI is InChI=1S/C36H48Cl2N2O6/c1-23(41)36(15-12-30-28-9-6-25-21-27(42)10-13-34(25,2)29(28)11-14-35(30,36)3)46-32(43)22-45-33(44)31(39)20-24-4-7-26(8-5-24)40(18-16-37)19-17-38/h4-5,7-8,21,28-31H,6,9-20,22,39H2,1-3H3/t28-,29+,30+,31+,34+,35+,36+/m1/s1. The Bertz CT molecular complexity index is 1360. The third kappa shape index (κ3) is 6.38. The average Bonchev–Trinajstić information content (AvgIpc) is 3.33. The molecule has 7 atom stereocenters. The molecule has 0 radical (unpaired) electrons. The summed E-state index contributed by atoms with van der Waals surface area (Å²) in [6, 6.07) is 6.70. The highest BCUT2D eigenvalue weighted by Crippen LogP contribution is 2.68.